The minimum absolute atomic E-state index is 0.299. The molecule has 0 fully saturated rings. The summed E-state index contributed by atoms with van der Waals surface area (Å²) in [6.07, 6.45) is 6.52. The van der Waals surface area contributed by atoms with Gasteiger partial charge in [-0.2, -0.15) is 0 Å². The molecule has 1 atom stereocenters. The lowest BCUT2D eigenvalue weighted by Crippen LogP contribution is -2.32. The Balaban J connectivity index is 2.22. The van der Waals surface area contributed by atoms with E-state index in [4.69, 9.17) is 0 Å². The fourth-order valence-electron chi connectivity index (χ4n) is 3.15. The van der Waals surface area contributed by atoms with Crippen LogP contribution in [0.1, 0.15) is 37.2 Å². The van der Waals surface area contributed by atoms with Gasteiger partial charge in [0.2, 0.25) is 10.0 Å². The van der Waals surface area contributed by atoms with Gasteiger partial charge in [0, 0.05) is 19.5 Å². The van der Waals surface area contributed by atoms with Gasteiger partial charge in [0.1, 0.15) is 0 Å². The number of fused-ring (bicyclic) bond motifs is 3. The van der Waals surface area contributed by atoms with Gasteiger partial charge in [0.25, 0.3) is 0 Å². The molecule has 1 aliphatic heterocycles. The van der Waals surface area contributed by atoms with Crippen molar-refractivity contribution < 1.29 is 8.42 Å². The van der Waals surface area contributed by atoms with Crippen molar-refractivity contribution in [1.29, 1.82) is 0 Å². The van der Waals surface area contributed by atoms with Gasteiger partial charge in [-0.3, -0.25) is 0 Å². The van der Waals surface area contributed by atoms with Gasteiger partial charge < -0.3 is 0 Å². The second-order valence-electron chi connectivity index (χ2n) is 5.38. The molecule has 0 N–H and O–H groups in total. The maximum atomic E-state index is 12.6. The van der Waals surface area contributed by atoms with E-state index in [0.717, 1.165) is 31.2 Å². The summed E-state index contributed by atoms with van der Waals surface area (Å²) in [5, 5.41) is 0. The average molecular weight is 277 g/mol. The van der Waals surface area contributed by atoms with Crippen LogP contribution in [-0.2, 0) is 10.0 Å². The molecule has 1 aliphatic carbocycles. The fraction of sp³-hybridized carbons (Fsp3) is 0.467. The molecule has 0 saturated heterocycles. The first-order chi connectivity index (χ1) is 9.10. The molecule has 0 amide bonds. The molecule has 1 aromatic carbocycles. The Morgan fingerprint density at radius 2 is 2.05 bits per heavy atom. The Morgan fingerprint density at radius 3 is 2.89 bits per heavy atom. The molecule has 0 saturated carbocycles. The minimum Gasteiger partial charge on any atom is -0.207 e. The molecule has 2 aliphatic rings. The summed E-state index contributed by atoms with van der Waals surface area (Å²) in [5.41, 5.74) is 2.40. The van der Waals surface area contributed by atoms with Crippen molar-refractivity contribution in [2.75, 3.05) is 13.6 Å². The zero-order chi connectivity index (χ0) is 13.5. The summed E-state index contributed by atoms with van der Waals surface area (Å²) in [6, 6.07) is 7.49. The molecule has 102 valence electrons. The lowest BCUT2D eigenvalue weighted by Gasteiger charge is -2.31. The quantitative estimate of drug-likeness (QED) is 0.684. The molecule has 3 nitrogen and oxygen atoms in total. The molecule has 0 radical (unpaired) electrons. The smallest absolute Gasteiger partial charge is 0.207 e. The van der Waals surface area contributed by atoms with Crippen molar-refractivity contribution in [3.8, 4) is 0 Å². The van der Waals surface area contributed by atoms with Crippen LogP contribution in [0.4, 0.5) is 0 Å². The summed E-state index contributed by atoms with van der Waals surface area (Å²) in [6.45, 7) is 0.582. The normalized spacial score (nSPS) is 26.6. The van der Waals surface area contributed by atoms with Gasteiger partial charge in [-0.25, -0.2) is 12.7 Å². The molecular weight excluding hydrogens is 258 g/mol. The van der Waals surface area contributed by atoms with Crippen LogP contribution < -0.4 is 0 Å². The van der Waals surface area contributed by atoms with Crippen molar-refractivity contribution in [1.82, 2.24) is 4.31 Å². The standard InChI is InChI=1S/C15H19NO2S/c1-16-11-10-12-6-2-3-7-13(12)14-8-4-5-9-15(14)19(16,17)18/h4-6,8-9,13H,2-3,7,10-11H2,1H3. The van der Waals surface area contributed by atoms with Crippen LogP contribution in [0.15, 0.2) is 40.8 Å². The number of rotatable bonds is 0. The highest BCUT2D eigenvalue weighted by Crippen LogP contribution is 2.40. The van der Waals surface area contributed by atoms with Gasteiger partial charge in [0.05, 0.1) is 4.90 Å². The number of nitrogens with zero attached hydrogens (tertiary/aromatic N) is 1. The Bertz CT molecular complexity index is 619. The fourth-order valence-corrected chi connectivity index (χ4v) is 4.57. The van der Waals surface area contributed by atoms with E-state index in [1.54, 1.807) is 13.1 Å². The van der Waals surface area contributed by atoms with E-state index in [1.165, 1.54) is 9.88 Å². The summed E-state index contributed by atoms with van der Waals surface area (Å²) >= 11 is 0. The summed E-state index contributed by atoms with van der Waals surface area (Å²) in [7, 11) is -1.65. The highest BCUT2D eigenvalue weighted by atomic mass is 32.2. The third-order valence-electron chi connectivity index (χ3n) is 4.25. The van der Waals surface area contributed by atoms with Crippen LogP contribution in [0.2, 0.25) is 0 Å². The van der Waals surface area contributed by atoms with E-state index < -0.39 is 10.0 Å². The zero-order valence-corrected chi connectivity index (χ0v) is 12.0. The number of hydrogen-bond acceptors (Lipinski definition) is 2. The zero-order valence-electron chi connectivity index (χ0n) is 11.2. The summed E-state index contributed by atoms with van der Waals surface area (Å²) in [5.74, 6) is 0.299. The average Bonchev–Trinajstić information content (AvgIpc) is 2.44. The van der Waals surface area contributed by atoms with Crippen LogP contribution in [0, 0.1) is 0 Å². The van der Waals surface area contributed by atoms with Gasteiger partial charge in [-0.05, 0) is 37.3 Å². The number of sulfonamides is 1. The van der Waals surface area contributed by atoms with E-state index in [2.05, 4.69) is 6.08 Å². The number of benzene rings is 1. The Hall–Kier alpha value is -1.13. The Kier molecular flexibility index (Phi) is 3.23. The van der Waals surface area contributed by atoms with E-state index in [9.17, 15) is 8.42 Å². The highest BCUT2D eigenvalue weighted by molar-refractivity contribution is 7.89. The van der Waals surface area contributed by atoms with Crippen LogP contribution in [0.3, 0.4) is 0 Å². The molecular formula is C15H19NO2S. The second-order valence-corrected chi connectivity index (χ2v) is 7.39. The van der Waals surface area contributed by atoms with Crippen molar-refractivity contribution >= 4 is 10.0 Å². The van der Waals surface area contributed by atoms with Gasteiger partial charge in [0.15, 0.2) is 0 Å². The molecule has 1 aromatic rings. The van der Waals surface area contributed by atoms with Gasteiger partial charge in [-0.1, -0.05) is 29.8 Å². The lowest BCUT2D eigenvalue weighted by molar-refractivity contribution is 0.451. The van der Waals surface area contributed by atoms with Crippen molar-refractivity contribution in [3.63, 3.8) is 0 Å². The van der Waals surface area contributed by atoms with E-state index >= 15 is 0 Å². The van der Waals surface area contributed by atoms with E-state index in [0.29, 0.717) is 17.4 Å². The number of allylic oxidation sites excluding steroid dienone is 1. The predicted octanol–water partition coefficient (Wildman–Crippen LogP) is 2.90. The SMILES string of the molecule is CN1CCC2=CCCCC2c2ccccc2S1(=O)=O. The van der Waals surface area contributed by atoms with Crippen molar-refractivity contribution in [3.05, 3.63) is 41.5 Å². The second kappa shape index (κ2) is 4.76. The van der Waals surface area contributed by atoms with Crippen LogP contribution in [-0.4, -0.2) is 26.3 Å². The Morgan fingerprint density at radius 1 is 1.26 bits per heavy atom. The summed E-state index contributed by atoms with van der Waals surface area (Å²) < 4.78 is 26.6. The van der Waals surface area contributed by atoms with E-state index in [1.807, 2.05) is 18.2 Å². The molecule has 0 bridgehead atoms. The first kappa shape index (κ1) is 12.9. The predicted molar refractivity (Wildman–Crippen MR) is 75.5 cm³/mol. The van der Waals surface area contributed by atoms with Gasteiger partial charge >= 0.3 is 0 Å². The molecule has 4 heteroatoms. The monoisotopic (exact) mass is 277 g/mol. The molecule has 1 heterocycles. The number of hydrogen-bond donors (Lipinski definition) is 0. The maximum absolute atomic E-state index is 12.6. The molecule has 0 aromatic heterocycles. The topological polar surface area (TPSA) is 37.4 Å². The Labute approximate surface area is 115 Å². The first-order valence-corrected chi connectivity index (χ1v) is 8.29. The van der Waals surface area contributed by atoms with Crippen LogP contribution >= 0.6 is 0 Å². The molecule has 1 unspecified atom stereocenters. The van der Waals surface area contributed by atoms with Crippen LogP contribution in [0.25, 0.3) is 0 Å². The third kappa shape index (κ3) is 2.13. The van der Waals surface area contributed by atoms with Crippen LogP contribution in [0.5, 0.6) is 0 Å². The molecule has 3 rings (SSSR count). The summed E-state index contributed by atoms with van der Waals surface area (Å²) in [4.78, 5) is 0.495. The molecule has 19 heavy (non-hydrogen) atoms. The first-order valence-electron chi connectivity index (χ1n) is 6.85. The third-order valence-corrected chi connectivity index (χ3v) is 6.18. The molecule has 0 spiro atoms. The van der Waals surface area contributed by atoms with Crippen molar-refractivity contribution in [2.24, 2.45) is 0 Å². The lowest BCUT2D eigenvalue weighted by atomic mass is 9.81. The maximum Gasteiger partial charge on any atom is 0.243 e. The van der Waals surface area contributed by atoms with E-state index in [-0.39, 0.29) is 0 Å². The van der Waals surface area contributed by atoms with Crippen molar-refractivity contribution in [2.45, 2.75) is 36.5 Å². The largest absolute Gasteiger partial charge is 0.243 e. The van der Waals surface area contributed by atoms with Gasteiger partial charge in [-0.15, -0.1) is 0 Å². The minimum atomic E-state index is -3.33. The highest BCUT2D eigenvalue weighted by Gasteiger charge is 2.32.